The van der Waals surface area contributed by atoms with Gasteiger partial charge in [0.2, 0.25) is 0 Å². The fourth-order valence-electron chi connectivity index (χ4n) is 2.45. The Morgan fingerprint density at radius 3 is 2.27 bits per heavy atom. The van der Waals surface area contributed by atoms with Gasteiger partial charge in [-0.1, -0.05) is 43.6 Å². The summed E-state index contributed by atoms with van der Waals surface area (Å²) in [5.41, 5.74) is 4.27. The predicted octanol–water partition coefficient (Wildman–Crippen LogP) is 3.22. The molecular weight excluding hydrogens is 198 g/mol. The average molecular weight is 225 g/mol. The van der Waals surface area contributed by atoms with Crippen LogP contribution in [0.5, 0.6) is 0 Å². The van der Waals surface area contributed by atoms with E-state index in [0.29, 0.717) is 0 Å². The molecule has 1 aliphatic rings. The van der Waals surface area contributed by atoms with Gasteiger partial charge in [0.1, 0.15) is 0 Å². The maximum Gasteiger partial charge on any atom is 0.0609 e. The third-order valence-electron chi connectivity index (χ3n) is 3.49. The zero-order valence-corrected chi connectivity index (χ0v) is 11.9. The summed E-state index contributed by atoms with van der Waals surface area (Å²) in [6, 6.07) is 2.85. The summed E-state index contributed by atoms with van der Waals surface area (Å²) in [6.07, 6.45) is 4.27. The molecule has 0 atom stereocenters. The Bertz CT molecular complexity index is 191. The topological polar surface area (TPSA) is 3.24 Å². The maximum absolute atomic E-state index is 2.63. The quantitative estimate of drug-likeness (QED) is 0.649. The molecule has 1 aliphatic heterocycles. The molecule has 0 radical (unpaired) electrons. The monoisotopic (exact) mass is 225 g/mol. The molecule has 1 heterocycles. The van der Waals surface area contributed by atoms with Gasteiger partial charge in [-0.2, -0.15) is 0 Å². The molecule has 1 rings (SSSR count). The van der Waals surface area contributed by atoms with Crippen LogP contribution in [0.2, 0.25) is 12.1 Å². The maximum atomic E-state index is 2.63. The molecule has 0 aromatic carbocycles. The van der Waals surface area contributed by atoms with Crippen LogP contribution in [-0.4, -0.2) is 33.3 Å². The van der Waals surface area contributed by atoms with Crippen LogP contribution in [0, 0.1) is 0 Å². The number of rotatable bonds is 5. The summed E-state index contributed by atoms with van der Waals surface area (Å²) in [7, 11) is -0.511. The van der Waals surface area contributed by atoms with Crippen molar-refractivity contribution in [3.63, 3.8) is 0 Å². The molecule has 0 aromatic rings. The van der Waals surface area contributed by atoms with Gasteiger partial charge >= 0.3 is 0 Å². The Morgan fingerprint density at radius 1 is 1.13 bits per heavy atom. The Kier molecular flexibility index (Phi) is 6.26. The summed E-state index contributed by atoms with van der Waals surface area (Å²) < 4.78 is 0. The van der Waals surface area contributed by atoms with Crippen LogP contribution in [0.25, 0.3) is 0 Å². The highest BCUT2D eigenvalue weighted by Crippen LogP contribution is 2.11. The smallest absolute Gasteiger partial charge is 0.0609 e. The Morgan fingerprint density at radius 2 is 1.73 bits per heavy atom. The molecule has 0 aliphatic carbocycles. The second-order valence-corrected chi connectivity index (χ2v) is 8.41. The highest BCUT2D eigenvalue weighted by Gasteiger charge is 2.10. The lowest BCUT2D eigenvalue weighted by atomic mass is 10.1. The lowest BCUT2D eigenvalue weighted by molar-refractivity contribution is 0.246. The fourth-order valence-corrected chi connectivity index (χ4v) is 4.41. The molecule has 0 saturated carbocycles. The van der Waals surface area contributed by atoms with Crippen molar-refractivity contribution in [3.8, 4) is 0 Å². The van der Waals surface area contributed by atoms with Crippen LogP contribution < -0.4 is 0 Å². The largest absolute Gasteiger partial charge is 0.299 e. The Balaban J connectivity index is 2.35. The Hall–Kier alpha value is -0.0831. The molecule has 0 amide bonds. The van der Waals surface area contributed by atoms with Gasteiger partial charge in [-0.05, 0) is 32.9 Å². The third kappa shape index (κ3) is 4.98. The number of hydrogen-bond donors (Lipinski definition) is 0. The van der Waals surface area contributed by atoms with Crippen LogP contribution >= 0.6 is 0 Å². The number of likely N-dealkylation sites (tertiary alicyclic amines) is 1. The van der Waals surface area contributed by atoms with E-state index in [1.54, 1.807) is 5.57 Å². The SMILES string of the molecule is CC[SiH](C=C(C)CN1CCCCC1)CC. The molecule has 0 bridgehead atoms. The van der Waals surface area contributed by atoms with Crippen molar-refractivity contribution in [2.45, 2.75) is 52.1 Å². The Labute approximate surface area is 97.2 Å². The minimum atomic E-state index is -0.511. The van der Waals surface area contributed by atoms with Crippen molar-refractivity contribution in [1.29, 1.82) is 0 Å². The van der Waals surface area contributed by atoms with Crippen molar-refractivity contribution in [2.24, 2.45) is 0 Å². The summed E-state index contributed by atoms with van der Waals surface area (Å²) in [4.78, 5) is 2.63. The lowest BCUT2D eigenvalue weighted by Gasteiger charge is -2.27. The highest BCUT2D eigenvalue weighted by atomic mass is 28.3. The third-order valence-corrected chi connectivity index (χ3v) is 6.63. The van der Waals surface area contributed by atoms with E-state index in [0.717, 1.165) is 0 Å². The van der Waals surface area contributed by atoms with Gasteiger partial charge in [0.25, 0.3) is 0 Å². The average Bonchev–Trinajstić information content (AvgIpc) is 2.27. The van der Waals surface area contributed by atoms with Gasteiger partial charge in [0.05, 0.1) is 8.80 Å². The second-order valence-electron chi connectivity index (χ2n) is 4.93. The van der Waals surface area contributed by atoms with E-state index in [1.165, 1.54) is 51.0 Å². The van der Waals surface area contributed by atoms with Crippen molar-refractivity contribution in [1.82, 2.24) is 4.90 Å². The summed E-state index contributed by atoms with van der Waals surface area (Å²) in [6.45, 7) is 10.9. The molecule has 0 N–H and O–H groups in total. The van der Waals surface area contributed by atoms with Crippen molar-refractivity contribution in [3.05, 3.63) is 11.3 Å². The molecule has 0 spiro atoms. The zero-order chi connectivity index (χ0) is 11.1. The van der Waals surface area contributed by atoms with Crippen molar-refractivity contribution in [2.75, 3.05) is 19.6 Å². The normalized spacial score (nSPS) is 19.9. The molecule has 2 heteroatoms. The van der Waals surface area contributed by atoms with Gasteiger partial charge in [0.15, 0.2) is 0 Å². The molecule has 0 unspecified atom stereocenters. The van der Waals surface area contributed by atoms with E-state index < -0.39 is 8.80 Å². The summed E-state index contributed by atoms with van der Waals surface area (Å²) >= 11 is 0. The molecule has 1 fully saturated rings. The van der Waals surface area contributed by atoms with E-state index in [4.69, 9.17) is 0 Å². The van der Waals surface area contributed by atoms with Crippen molar-refractivity contribution >= 4 is 8.80 Å². The van der Waals surface area contributed by atoms with Gasteiger partial charge < -0.3 is 0 Å². The predicted molar refractivity (Wildman–Crippen MR) is 72.2 cm³/mol. The minimum Gasteiger partial charge on any atom is -0.299 e. The van der Waals surface area contributed by atoms with E-state index >= 15 is 0 Å². The van der Waals surface area contributed by atoms with Gasteiger partial charge in [-0.25, -0.2) is 0 Å². The standard InChI is InChI=1S/C13H27NSi/c1-4-15(5-2)12-13(3)11-14-9-7-6-8-10-14/h12,15H,4-11H2,1-3H3. The first kappa shape index (κ1) is 13.0. The first-order valence-electron chi connectivity index (χ1n) is 6.65. The number of hydrogen-bond acceptors (Lipinski definition) is 1. The molecule has 1 saturated heterocycles. The lowest BCUT2D eigenvalue weighted by Crippen LogP contribution is -2.31. The van der Waals surface area contributed by atoms with Crippen LogP contribution in [-0.2, 0) is 0 Å². The zero-order valence-electron chi connectivity index (χ0n) is 10.8. The van der Waals surface area contributed by atoms with E-state index in [2.05, 4.69) is 31.4 Å². The van der Waals surface area contributed by atoms with Crippen LogP contribution in [0.3, 0.4) is 0 Å². The summed E-state index contributed by atoms with van der Waals surface area (Å²) in [5.74, 6) is 0. The van der Waals surface area contributed by atoms with E-state index in [-0.39, 0.29) is 0 Å². The van der Waals surface area contributed by atoms with Gasteiger partial charge in [0, 0.05) is 6.54 Å². The molecule has 88 valence electrons. The summed E-state index contributed by atoms with van der Waals surface area (Å²) in [5, 5.41) is 0. The van der Waals surface area contributed by atoms with Gasteiger partial charge in [-0.3, -0.25) is 4.90 Å². The van der Waals surface area contributed by atoms with E-state index in [1.807, 2.05) is 0 Å². The molecular formula is C13H27NSi. The first-order valence-corrected chi connectivity index (χ1v) is 8.95. The number of piperidine rings is 1. The fraction of sp³-hybridized carbons (Fsp3) is 0.846. The molecule has 15 heavy (non-hydrogen) atoms. The van der Waals surface area contributed by atoms with Crippen LogP contribution in [0.1, 0.15) is 40.0 Å². The van der Waals surface area contributed by atoms with E-state index in [9.17, 15) is 0 Å². The van der Waals surface area contributed by atoms with Crippen molar-refractivity contribution < 1.29 is 0 Å². The minimum absolute atomic E-state index is 0.511. The van der Waals surface area contributed by atoms with Gasteiger partial charge in [-0.15, -0.1) is 0 Å². The van der Waals surface area contributed by atoms with Crippen LogP contribution in [0.4, 0.5) is 0 Å². The van der Waals surface area contributed by atoms with Crippen LogP contribution in [0.15, 0.2) is 11.3 Å². The molecule has 1 nitrogen and oxygen atoms in total. The highest BCUT2D eigenvalue weighted by molar-refractivity contribution is 6.64. The second kappa shape index (κ2) is 7.23. The number of nitrogens with zero attached hydrogens (tertiary/aromatic N) is 1. The molecule has 0 aromatic heterocycles. The first-order chi connectivity index (χ1) is 7.26.